The lowest BCUT2D eigenvalue weighted by Gasteiger charge is -2.33. The molecule has 3 aliphatic rings. The Morgan fingerprint density at radius 2 is 2.00 bits per heavy atom. The van der Waals surface area contributed by atoms with Crippen LogP contribution in [-0.2, 0) is 0 Å². The van der Waals surface area contributed by atoms with Crippen molar-refractivity contribution in [3.8, 4) is 5.75 Å². The van der Waals surface area contributed by atoms with E-state index < -0.39 is 18.8 Å². The lowest BCUT2D eigenvalue weighted by Crippen LogP contribution is -2.43. The molecule has 4 rings (SSSR count). The predicted molar refractivity (Wildman–Crippen MR) is 121 cm³/mol. The van der Waals surface area contributed by atoms with Gasteiger partial charge in [-0.1, -0.05) is 38.3 Å². The van der Waals surface area contributed by atoms with Crippen molar-refractivity contribution >= 4 is 17.3 Å². The van der Waals surface area contributed by atoms with Gasteiger partial charge in [0.1, 0.15) is 11.5 Å². The monoisotopic (exact) mass is 469 g/mol. The molecule has 1 aromatic rings. The van der Waals surface area contributed by atoms with E-state index in [9.17, 15) is 18.3 Å². The fraction of sp³-hybridized carbons (Fsp3) is 0.600. The Balaban J connectivity index is 1.52. The minimum absolute atomic E-state index is 0.0832. The Morgan fingerprint density at radius 1 is 1.25 bits per heavy atom. The predicted octanol–water partition coefficient (Wildman–Crippen LogP) is 6.61. The van der Waals surface area contributed by atoms with Gasteiger partial charge in [0.05, 0.1) is 11.4 Å². The smallest absolute Gasteiger partial charge is 0.416 e. The summed E-state index contributed by atoms with van der Waals surface area (Å²) in [6, 6.07) is 7.12. The highest BCUT2D eigenvalue weighted by atomic mass is 35.5. The molecule has 2 saturated carbocycles. The molecule has 0 aliphatic heterocycles. The van der Waals surface area contributed by atoms with Gasteiger partial charge in [-0.15, -0.1) is 11.6 Å². The van der Waals surface area contributed by atoms with E-state index in [2.05, 4.69) is 13.0 Å². The summed E-state index contributed by atoms with van der Waals surface area (Å²) in [6.07, 6.45) is 6.06. The zero-order chi connectivity index (χ0) is 23.0. The first-order chi connectivity index (χ1) is 15.1. The zero-order valence-electron chi connectivity index (χ0n) is 18.4. The standard InChI is InChI=1S/C25H31ClF3NO2/c1-2-23-14-21(11-12-24(23,26)17-23)32-20-10-6-9-19(13-20)30(16-22(31)25(27,28)29)15-18-7-4-3-5-8-18/h6,9-14,18,22,31H,2-5,7-8,15-17H2,1H3. The summed E-state index contributed by atoms with van der Waals surface area (Å²) in [5.41, 5.74) is 0.542. The van der Waals surface area contributed by atoms with Crippen molar-refractivity contribution in [2.75, 3.05) is 18.0 Å². The number of allylic oxidation sites excluding steroid dienone is 3. The van der Waals surface area contributed by atoms with Crippen LogP contribution in [0.25, 0.3) is 0 Å². The fourth-order valence-corrected chi connectivity index (χ4v) is 5.58. The van der Waals surface area contributed by atoms with Gasteiger partial charge in [-0.25, -0.2) is 0 Å². The Kier molecular flexibility index (Phi) is 6.56. The van der Waals surface area contributed by atoms with Crippen LogP contribution in [0.5, 0.6) is 5.75 Å². The van der Waals surface area contributed by atoms with Gasteiger partial charge in [0.15, 0.2) is 6.10 Å². The summed E-state index contributed by atoms with van der Waals surface area (Å²) in [6.45, 7) is 2.11. The van der Waals surface area contributed by atoms with Gasteiger partial charge in [0.25, 0.3) is 0 Å². The summed E-state index contributed by atoms with van der Waals surface area (Å²) in [7, 11) is 0. The molecule has 3 aliphatic carbocycles. The van der Waals surface area contributed by atoms with E-state index in [1.165, 1.54) is 6.42 Å². The third kappa shape index (κ3) is 4.96. The third-order valence-corrected chi connectivity index (χ3v) is 7.87. The molecule has 0 aromatic heterocycles. The van der Waals surface area contributed by atoms with E-state index in [1.807, 2.05) is 12.2 Å². The van der Waals surface area contributed by atoms with Gasteiger partial charge in [-0.2, -0.15) is 13.2 Å². The van der Waals surface area contributed by atoms with Crippen LogP contribution in [0.2, 0.25) is 0 Å². The molecular formula is C25H31ClF3NO2. The highest BCUT2D eigenvalue weighted by Crippen LogP contribution is 2.66. The van der Waals surface area contributed by atoms with Crippen LogP contribution in [-0.4, -0.2) is 35.4 Å². The number of hydrogen-bond donors (Lipinski definition) is 1. The fourth-order valence-electron chi connectivity index (χ4n) is 5.09. The Morgan fingerprint density at radius 3 is 2.69 bits per heavy atom. The first-order valence-corrected chi connectivity index (χ1v) is 11.9. The minimum Gasteiger partial charge on any atom is -0.458 e. The van der Waals surface area contributed by atoms with Crippen molar-refractivity contribution in [3.05, 3.63) is 48.3 Å². The molecule has 0 spiro atoms. The van der Waals surface area contributed by atoms with E-state index in [0.29, 0.717) is 29.7 Å². The second-order valence-corrected chi connectivity index (χ2v) is 10.2. The van der Waals surface area contributed by atoms with E-state index in [4.69, 9.17) is 16.3 Å². The highest BCUT2D eigenvalue weighted by molar-refractivity contribution is 6.28. The van der Waals surface area contributed by atoms with Crippen molar-refractivity contribution in [1.82, 2.24) is 0 Å². The maximum Gasteiger partial charge on any atom is 0.416 e. The summed E-state index contributed by atoms with van der Waals surface area (Å²) in [4.78, 5) is 1.34. The van der Waals surface area contributed by atoms with Crippen molar-refractivity contribution in [1.29, 1.82) is 0 Å². The van der Waals surface area contributed by atoms with Gasteiger partial charge in [0.2, 0.25) is 0 Å². The molecule has 3 atom stereocenters. The number of hydrogen-bond acceptors (Lipinski definition) is 3. The number of aliphatic hydroxyl groups excluding tert-OH is 1. The molecule has 32 heavy (non-hydrogen) atoms. The minimum atomic E-state index is -4.65. The van der Waals surface area contributed by atoms with Gasteiger partial charge >= 0.3 is 6.18 Å². The SMILES string of the molecule is CCC12C=C(Oc3cccc(N(CC4CCCCC4)CC(O)C(F)(F)F)c3)C=CC1(Cl)C2. The molecule has 176 valence electrons. The largest absolute Gasteiger partial charge is 0.458 e. The second kappa shape index (κ2) is 8.94. The Hall–Kier alpha value is -1.66. The van der Waals surface area contributed by atoms with E-state index in [0.717, 1.165) is 38.5 Å². The van der Waals surface area contributed by atoms with Crippen molar-refractivity contribution < 1.29 is 23.0 Å². The van der Waals surface area contributed by atoms with Gasteiger partial charge in [-0.05, 0) is 55.9 Å². The molecule has 3 nitrogen and oxygen atoms in total. The average molecular weight is 470 g/mol. The van der Waals surface area contributed by atoms with Crippen LogP contribution in [0, 0.1) is 11.3 Å². The summed E-state index contributed by atoms with van der Waals surface area (Å²) in [5, 5.41) is 9.76. The van der Waals surface area contributed by atoms with Gasteiger partial charge in [0, 0.05) is 23.7 Å². The molecule has 0 saturated heterocycles. The maximum absolute atomic E-state index is 13.1. The molecule has 1 N–H and O–H groups in total. The molecule has 2 fully saturated rings. The molecule has 0 bridgehead atoms. The molecule has 1 aromatic carbocycles. The molecule has 0 heterocycles. The van der Waals surface area contributed by atoms with Gasteiger partial charge < -0.3 is 14.7 Å². The molecule has 0 amide bonds. The number of alkyl halides is 4. The molecular weight excluding hydrogens is 439 g/mol. The lowest BCUT2D eigenvalue weighted by atomic mass is 9.88. The first-order valence-electron chi connectivity index (χ1n) is 11.5. The number of rotatable bonds is 8. The van der Waals surface area contributed by atoms with Crippen molar-refractivity contribution in [2.24, 2.45) is 11.3 Å². The number of benzene rings is 1. The second-order valence-electron chi connectivity index (χ2n) is 9.49. The molecule has 3 unspecified atom stereocenters. The zero-order valence-corrected chi connectivity index (χ0v) is 19.1. The van der Waals surface area contributed by atoms with Crippen LogP contribution in [0.1, 0.15) is 51.9 Å². The topological polar surface area (TPSA) is 32.7 Å². The highest BCUT2D eigenvalue weighted by Gasteiger charge is 2.64. The van der Waals surface area contributed by atoms with Crippen LogP contribution in [0.15, 0.2) is 48.3 Å². The number of nitrogens with zero attached hydrogens (tertiary/aromatic N) is 1. The summed E-state index contributed by atoms with van der Waals surface area (Å²) < 4.78 is 45.4. The number of fused-ring (bicyclic) bond motifs is 1. The number of halogens is 4. The van der Waals surface area contributed by atoms with E-state index >= 15 is 0 Å². The maximum atomic E-state index is 13.1. The normalized spacial score (nSPS) is 28.6. The molecule has 0 radical (unpaired) electrons. The van der Waals surface area contributed by atoms with Crippen LogP contribution in [0.3, 0.4) is 0 Å². The third-order valence-electron chi connectivity index (χ3n) is 7.23. The van der Waals surface area contributed by atoms with Crippen LogP contribution < -0.4 is 9.64 Å². The lowest BCUT2D eigenvalue weighted by molar-refractivity contribution is -0.200. The van der Waals surface area contributed by atoms with Crippen molar-refractivity contribution in [3.63, 3.8) is 0 Å². The van der Waals surface area contributed by atoms with E-state index in [-0.39, 0.29) is 10.3 Å². The Labute approximate surface area is 192 Å². The average Bonchev–Trinajstić information content (AvgIpc) is 3.39. The van der Waals surface area contributed by atoms with Gasteiger partial charge in [-0.3, -0.25) is 0 Å². The summed E-state index contributed by atoms with van der Waals surface area (Å²) >= 11 is 6.61. The van der Waals surface area contributed by atoms with E-state index in [1.54, 1.807) is 29.2 Å². The summed E-state index contributed by atoms with van der Waals surface area (Å²) in [5.74, 6) is 1.59. The Bertz CT molecular complexity index is 880. The molecule has 7 heteroatoms. The van der Waals surface area contributed by atoms with Crippen LogP contribution >= 0.6 is 11.6 Å². The number of aliphatic hydroxyl groups is 1. The van der Waals surface area contributed by atoms with Crippen LogP contribution in [0.4, 0.5) is 18.9 Å². The number of anilines is 1. The van der Waals surface area contributed by atoms with Crippen molar-refractivity contribution in [2.45, 2.75) is 69.0 Å². The quantitative estimate of drug-likeness (QED) is 0.435. The first kappa shape index (κ1) is 23.5. The number of ether oxygens (including phenoxy) is 1.